The molecule has 0 fully saturated rings. The third kappa shape index (κ3) is 3.50. The van der Waals surface area contributed by atoms with E-state index in [2.05, 4.69) is 10.4 Å². The number of nitrogens with zero attached hydrogens (tertiary/aromatic N) is 2. The van der Waals surface area contributed by atoms with Crippen LogP contribution >= 0.6 is 11.3 Å². The normalized spacial score (nSPS) is 11.0. The van der Waals surface area contributed by atoms with Gasteiger partial charge >= 0.3 is 5.97 Å². The molecule has 0 radical (unpaired) electrons. The quantitative estimate of drug-likeness (QED) is 0.522. The van der Waals surface area contributed by atoms with E-state index in [-0.39, 0.29) is 17.2 Å². The van der Waals surface area contributed by atoms with E-state index < -0.39 is 5.91 Å². The van der Waals surface area contributed by atoms with E-state index in [1.165, 1.54) is 18.4 Å². The molecule has 2 heterocycles. The highest BCUT2D eigenvalue weighted by Gasteiger charge is 2.17. The van der Waals surface area contributed by atoms with Gasteiger partial charge in [0.1, 0.15) is 4.88 Å². The van der Waals surface area contributed by atoms with Crippen LogP contribution in [0.1, 0.15) is 27.1 Å². The van der Waals surface area contributed by atoms with Crippen molar-refractivity contribution in [1.82, 2.24) is 9.78 Å². The average molecular weight is 407 g/mol. The van der Waals surface area contributed by atoms with Crippen LogP contribution in [0.4, 0.5) is 5.69 Å². The molecule has 0 aliphatic rings. The summed E-state index contributed by atoms with van der Waals surface area (Å²) in [6, 6.07) is 14.0. The van der Waals surface area contributed by atoms with E-state index in [1.807, 2.05) is 6.07 Å². The van der Waals surface area contributed by atoms with Crippen molar-refractivity contribution in [3.05, 3.63) is 69.5 Å². The highest BCUT2D eigenvalue weighted by molar-refractivity contribution is 7.20. The van der Waals surface area contributed by atoms with E-state index >= 15 is 0 Å². The number of aromatic nitrogens is 2. The molecule has 7 nitrogen and oxygen atoms in total. The Morgan fingerprint density at radius 1 is 1.14 bits per heavy atom. The van der Waals surface area contributed by atoms with Crippen molar-refractivity contribution in [2.24, 2.45) is 7.05 Å². The maximum atomic E-state index is 12.9. The smallest absolute Gasteiger partial charge is 0.348 e. The zero-order valence-electron chi connectivity index (χ0n) is 15.8. The number of rotatable bonds is 4. The van der Waals surface area contributed by atoms with Crippen LogP contribution in [0.3, 0.4) is 0 Å². The number of fused-ring (bicyclic) bond motifs is 2. The largest absolute Gasteiger partial charge is 0.462 e. The molecule has 0 saturated carbocycles. The Bertz CT molecular complexity index is 1320. The second-order valence-electron chi connectivity index (χ2n) is 6.36. The predicted octanol–water partition coefficient (Wildman–Crippen LogP) is 3.58. The molecule has 0 bridgehead atoms. The number of ether oxygens (including phenoxy) is 1. The van der Waals surface area contributed by atoms with E-state index in [1.54, 1.807) is 49.4 Å². The number of thiophene rings is 1. The molecule has 1 amide bonds. The first-order valence-electron chi connectivity index (χ1n) is 8.96. The average Bonchev–Trinajstić information content (AvgIpc) is 3.14. The Hall–Kier alpha value is -3.52. The van der Waals surface area contributed by atoms with Crippen LogP contribution in [0, 0.1) is 0 Å². The molecule has 1 N–H and O–H groups in total. The summed E-state index contributed by atoms with van der Waals surface area (Å²) in [4.78, 5) is 37.5. The predicted molar refractivity (Wildman–Crippen MR) is 113 cm³/mol. The number of carbonyl (C=O) groups excluding carboxylic acids is 2. The molecule has 4 aromatic rings. The Balaban J connectivity index is 1.68. The number of hydrogen-bond donors (Lipinski definition) is 1. The molecule has 2 aromatic heterocycles. The van der Waals surface area contributed by atoms with Crippen molar-refractivity contribution in [3.63, 3.8) is 0 Å². The Morgan fingerprint density at radius 3 is 2.66 bits per heavy atom. The summed E-state index contributed by atoms with van der Waals surface area (Å²) < 4.78 is 7.11. The van der Waals surface area contributed by atoms with E-state index in [9.17, 15) is 14.4 Å². The summed E-state index contributed by atoms with van der Waals surface area (Å²) in [6.07, 6.45) is 0. The van der Waals surface area contributed by atoms with Gasteiger partial charge in [-0.2, -0.15) is 5.10 Å². The van der Waals surface area contributed by atoms with Crippen molar-refractivity contribution in [3.8, 4) is 0 Å². The number of benzene rings is 2. The Kier molecular flexibility index (Phi) is 4.85. The number of amides is 1. The van der Waals surface area contributed by atoms with Crippen molar-refractivity contribution >= 4 is 49.8 Å². The highest BCUT2D eigenvalue weighted by atomic mass is 32.1. The highest BCUT2D eigenvalue weighted by Crippen LogP contribution is 2.29. The standard InChI is InChI=1S/C21H17N3O4S/c1-3-28-21(27)17-11-12-10-13(8-9-16(12)29-17)22-19(25)18-14-6-4-5-7-15(14)20(26)24(2)23-18/h4-11H,3H2,1-2H3,(H,22,25). The SMILES string of the molecule is CCOC(=O)c1cc2cc(NC(=O)c3nn(C)c(=O)c4ccccc34)ccc2s1. The van der Waals surface area contributed by atoms with Crippen LogP contribution in [0.25, 0.3) is 20.9 Å². The van der Waals surface area contributed by atoms with Crippen molar-refractivity contribution in [1.29, 1.82) is 0 Å². The number of carbonyl (C=O) groups is 2. The van der Waals surface area contributed by atoms with Crippen molar-refractivity contribution < 1.29 is 14.3 Å². The summed E-state index contributed by atoms with van der Waals surface area (Å²) >= 11 is 1.34. The molecular formula is C21H17N3O4S. The van der Waals surface area contributed by atoms with Gasteiger partial charge in [0, 0.05) is 22.8 Å². The fraction of sp³-hybridized carbons (Fsp3) is 0.143. The number of anilines is 1. The minimum Gasteiger partial charge on any atom is -0.462 e. The molecule has 0 atom stereocenters. The minimum atomic E-state index is -0.419. The summed E-state index contributed by atoms with van der Waals surface area (Å²) in [7, 11) is 1.51. The summed E-state index contributed by atoms with van der Waals surface area (Å²) in [5.41, 5.74) is 0.471. The van der Waals surface area contributed by atoms with Gasteiger partial charge in [-0.15, -0.1) is 11.3 Å². The first-order chi connectivity index (χ1) is 14.0. The van der Waals surface area contributed by atoms with Crippen LogP contribution in [0.5, 0.6) is 0 Å². The third-order valence-electron chi connectivity index (χ3n) is 4.42. The van der Waals surface area contributed by atoms with Gasteiger partial charge in [-0.3, -0.25) is 9.59 Å². The fourth-order valence-corrected chi connectivity index (χ4v) is 4.02. The van der Waals surface area contributed by atoms with Crippen LogP contribution in [0.15, 0.2) is 53.3 Å². The molecule has 0 saturated heterocycles. The Morgan fingerprint density at radius 2 is 1.90 bits per heavy atom. The summed E-state index contributed by atoms with van der Waals surface area (Å²) in [6.45, 7) is 2.07. The van der Waals surface area contributed by atoms with E-state index in [4.69, 9.17) is 4.74 Å². The number of aryl methyl sites for hydroxylation is 1. The van der Waals surface area contributed by atoms with Gasteiger partial charge < -0.3 is 10.1 Å². The van der Waals surface area contributed by atoms with Gasteiger partial charge in [0.05, 0.1) is 12.0 Å². The first-order valence-corrected chi connectivity index (χ1v) is 9.77. The topological polar surface area (TPSA) is 90.3 Å². The summed E-state index contributed by atoms with van der Waals surface area (Å²) in [5.74, 6) is -0.780. The molecule has 0 aliphatic carbocycles. The monoisotopic (exact) mass is 407 g/mol. The molecule has 0 spiro atoms. The minimum absolute atomic E-state index is 0.167. The van der Waals surface area contributed by atoms with Crippen molar-refractivity contribution in [2.75, 3.05) is 11.9 Å². The van der Waals surface area contributed by atoms with Gasteiger partial charge in [-0.25, -0.2) is 9.48 Å². The first kappa shape index (κ1) is 18.8. The van der Waals surface area contributed by atoms with E-state index in [0.717, 1.165) is 14.8 Å². The van der Waals surface area contributed by atoms with Crippen molar-refractivity contribution in [2.45, 2.75) is 6.92 Å². The van der Waals surface area contributed by atoms with Crippen LogP contribution in [0.2, 0.25) is 0 Å². The second-order valence-corrected chi connectivity index (χ2v) is 7.44. The van der Waals surface area contributed by atoms with Gasteiger partial charge in [0.2, 0.25) is 0 Å². The second kappa shape index (κ2) is 7.48. The molecular weight excluding hydrogens is 390 g/mol. The molecule has 0 unspecified atom stereocenters. The van der Waals surface area contributed by atoms with Crippen LogP contribution in [-0.4, -0.2) is 28.3 Å². The Labute approximate surface area is 169 Å². The lowest BCUT2D eigenvalue weighted by atomic mass is 10.1. The molecule has 8 heteroatoms. The zero-order valence-corrected chi connectivity index (χ0v) is 16.6. The maximum Gasteiger partial charge on any atom is 0.348 e. The lowest BCUT2D eigenvalue weighted by molar-refractivity contribution is 0.0532. The van der Waals surface area contributed by atoms with Crippen LogP contribution in [-0.2, 0) is 11.8 Å². The summed E-state index contributed by atoms with van der Waals surface area (Å²) in [5, 5.41) is 8.72. The molecule has 4 rings (SSSR count). The maximum absolute atomic E-state index is 12.9. The zero-order chi connectivity index (χ0) is 20.5. The van der Waals surface area contributed by atoms with Gasteiger partial charge in [0.15, 0.2) is 5.69 Å². The van der Waals surface area contributed by atoms with Gasteiger partial charge in [0.25, 0.3) is 11.5 Å². The molecule has 29 heavy (non-hydrogen) atoms. The van der Waals surface area contributed by atoms with Gasteiger partial charge in [-0.1, -0.05) is 18.2 Å². The fourth-order valence-electron chi connectivity index (χ4n) is 3.08. The van der Waals surface area contributed by atoms with Crippen LogP contribution < -0.4 is 10.9 Å². The molecule has 2 aromatic carbocycles. The number of esters is 1. The van der Waals surface area contributed by atoms with Gasteiger partial charge in [-0.05, 0) is 42.6 Å². The number of nitrogens with one attached hydrogen (secondary N) is 1. The third-order valence-corrected chi connectivity index (χ3v) is 5.52. The molecule has 146 valence electrons. The lowest BCUT2D eigenvalue weighted by Crippen LogP contribution is -2.25. The van der Waals surface area contributed by atoms with E-state index in [0.29, 0.717) is 27.9 Å². The lowest BCUT2D eigenvalue weighted by Gasteiger charge is -2.09. The number of hydrogen-bond acceptors (Lipinski definition) is 6. The molecule has 0 aliphatic heterocycles.